The molecule has 0 radical (unpaired) electrons. The van der Waals surface area contributed by atoms with E-state index in [1.807, 2.05) is 37.8 Å². The summed E-state index contributed by atoms with van der Waals surface area (Å²) in [6.45, 7) is 4.85. The summed E-state index contributed by atoms with van der Waals surface area (Å²) in [5, 5.41) is 4.15. The summed E-state index contributed by atoms with van der Waals surface area (Å²) < 4.78 is 7.45. The summed E-state index contributed by atoms with van der Waals surface area (Å²) in [4.78, 5) is 6.44. The van der Waals surface area contributed by atoms with Crippen molar-refractivity contribution in [3.05, 3.63) is 58.4 Å². The maximum absolute atomic E-state index is 6.05. The van der Waals surface area contributed by atoms with E-state index >= 15 is 0 Å². The fraction of sp³-hybridized carbons (Fsp3) is 0.421. The van der Waals surface area contributed by atoms with Crippen LogP contribution in [0.5, 0.6) is 0 Å². The zero-order valence-electron chi connectivity index (χ0n) is 15.8. The Labute approximate surface area is 178 Å². The number of aromatic nitrogens is 1. The lowest BCUT2D eigenvalue weighted by molar-refractivity contribution is 0.134. The Morgan fingerprint density at radius 3 is 2.46 bits per heavy atom. The molecule has 2 rings (SSSR count). The molecule has 0 amide bonds. The molecule has 0 aliphatic carbocycles. The third-order valence-electron chi connectivity index (χ3n) is 3.99. The zero-order chi connectivity index (χ0) is 18.2. The predicted octanol–water partition coefficient (Wildman–Crippen LogP) is 4.04. The summed E-state index contributed by atoms with van der Waals surface area (Å²) in [6.07, 6.45) is 1.91. The van der Waals surface area contributed by atoms with Gasteiger partial charge in [0, 0.05) is 46.2 Å². The highest BCUT2D eigenvalue weighted by Crippen LogP contribution is 2.14. The highest BCUT2D eigenvalue weighted by atomic mass is 127. The fourth-order valence-corrected chi connectivity index (χ4v) is 2.85. The van der Waals surface area contributed by atoms with Crippen molar-refractivity contribution < 1.29 is 4.74 Å². The molecular weight excluding hydrogens is 463 g/mol. The first-order valence-corrected chi connectivity index (χ1v) is 8.79. The van der Waals surface area contributed by atoms with Crippen LogP contribution in [0.1, 0.15) is 23.7 Å². The van der Waals surface area contributed by atoms with Gasteiger partial charge in [-0.1, -0.05) is 35.9 Å². The van der Waals surface area contributed by atoms with Crippen molar-refractivity contribution in [1.29, 1.82) is 0 Å². The molecule has 1 N–H and O–H groups in total. The van der Waals surface area contributed by atoms with Gasteiger partial charge in [-0.05, 0) is 24.1 Å². The molecule has 0 spiro atoms. The molecule has 144 valence electrons. The first-order valence-electron chi connectivity index (χ1n) is 8.41. The maximum Gasteiger partial charge on any atom is 0.194 e. The van der Waals surface area contributed by atoms with Gasteiger partial charge in [-0.25, -0.2) is 0 Å². The van der Waals surface area contributed by atoms with Crippen LogP contribution in [-0.2, 0) is 31.5 Å². The van der Waals surface area contributed by atoms with Gasteiger partial charge >= 0.3 is 0 Å². The van der Waals surface area contributed by atoms with Crippen LogP contribution in [0.2, 0.25) is 5.02 Å². The molecule has 0 aliphatic heterocycles. The van der Waals surface area contributed by atoms with Gasteiger partial charge in [-0.15, -0.1) is 24.0 Å². The summed E-state index contributed by atoms with van der Waals surface area (Å²) >= 11 is 6.05. The van der Waals surface area contributed by atoms with Crippen molar-refractivity contribution in [3.8, 4) is 0 Å². The largest absolute Gasteiger partial charge is 0.377 e. The van der Waals surface area contributed by atoms with Gasteiger partial charge in [0.25, 0.3) is 0 Å². The number of aryl methyl sites for hydroxylation is 1. The van der Waals surface area contributed by atoms with Gasteiger partial charge in [0.15, 0.2) is 5.96 Å². The first kappa shape index (κ1) is 22.8. The quantitative estimate of drug-likeness (QED) is 0.362. The number of hydrogen-bond donors (Lipinski definition) is 1. The summed E-state index contributed by atoms with van der Waals surface area (Å²) in [7, 11) is 5.80. The third kappa shape index (κ3) is 6.81. The van der Waals surface area contributed by atoms with Crippen LogP contribution < -0.4 is 5.32 Å². The number of hydrogen-bond acceptors (Lipinski definition) is 2. The molecule has 0 unspecified atom stereocenters. The number of nitrogens with zero attached hydrogens (tertiary/aromatic N) is 3. The first-order chi connectivity index (χ1) is 12.0. The molecule has 1 aromatic carbocycles. The Hall–Kier alpha value is -1.25. The van der Waals surface area contributed by atoms with Gasteiger partial charge in [0.2, 0.25) is 0 Å². The van der Waals surface area contributed by atoms with E-state index in [1.54, 1.807) is 7.05 Å². The normalized spacial score (nSPS) is 11.2. The monoisotopic (exact) mass is 490 g/mol. The molecule has 1 heterocycles. The highest BCUT2D eigenvalue weighted by Gasteiger charge is 2.09. The van der Waals surface area contributed by atoms with E-state index in [0.29, 0.717) is 6.61 Å². The summed E-state index contributed by atoms with van der Waals surface area (Å²) in [6, 6.07) is 10.4. The number of aliphatic imine (C=N–C) groups is 1. The van der Waals surface area contributed by atoms with Crippen LogP contribution in [-0.4, -0.2) is 36.1 Å². The third-order valence-corrected chi connectivity index (χ3v) is 4.20. The average Bonchev–Trinajstić information content (AvgIpc) is 2.91. The van der Waals surface area contributed by atoms with Gasteiger partial charge in [-0.2, -0.15) is 0 Å². The van der Waals surface area contributed by atoms with Gasteiger partial charge in [-0.3, -0.25) is 4.99 Å². The smallest absolute Gasteiger partial charge is 0.194 e. The topological polar surface area (TPSA) is 41.8 Å². The molecule has 0 atom stereocenters. The van der Waals surface area contributed by atoms with Crippen LogP contribution in [0.3, 0.4) is 0 Å². The Kier molecular flexibility index (Phi) is 10.0. The molecule has 0 bridgehead atoms. The lowest BCUT2D eigenvalue weighted by Gasteiger charge is -2.22. The van der Waals surface area contributed by atoms with Crippen LogP contribution in [0, 0.1) is 0 Å². The predicted molar refractivity (Wildman–Crippen MR) is 119 cm³/mol. The number of halogens is 2. The minimum atomic E-state index is 0. The average molecular weight is 491 g/mol. The van der Waals surface area contributed by atoms with Crippen molar-refractivity contribution in [1.82, 2.24) is 14.8 Å². The Morgan fingerprint density at radius 2 is 1.92 bits per heavy atom. The van der Waals surface area contributed by atoms with E-state index in [0.717, 1.165) is 36.4 Å². The lowest BCUT2D eigenvalue weighted by Crippen LogP contribution is -2.38. The van der Waals surface area contributed by atoms with E-state index in [2.05, 4.69) is 39.5 Å². The van der Waals surface area contributed by atoms with Crippen molar-refractivity contribution in [2.75, 3.05) is 20.7 Å². The molecule has 0 saturated heterocycles. The molecular formula is C19H28ClIN4O. The van der Waals surface area contributed by atoms with Crippen LogP contribution in [0.4, 0.5) is 0 Å². The van der Waals surface area contributed by atoms with E-state index in [4.69, 9.17) is 16.3 Å². The molecule has 0 saturated carbocycles. The minimum Gasteiger partial charge on any atom is -0.377 e. The molecule has 2 aromatic rings. The van der Waals surface area contributed by atoms with Crippen LogP contribution in [0.25, 0.3) is 0 Å². The number of guanidine groups is 1. The fourth-order valence-electron chi connectivity index (χ4n) is 2.58. The van der Waals surface area contributed by atoms with Gasteiger partial charge in [0.05, 0.1) is 18.2 Å². The van der Waals surface area contributed by atoms with E-state index < -0.39 is 0 Å². The standard InChI is InChI=1S/C19H27ClN4O.HI/c1-5-25-14-16-8-6-15(7-9-16)11-22-19(21-2)24(4)13-18-10-17(20)12-23(18)3;/h6-10,12H,5,11,13-14H2,1-4H3,(H,21,22);1H. The number of ether oxygens (including phenoxy) is 1. The van der Waals surface area contributed by atoms with Crippen LogP contribution in [0.15, 0.2) is 41.5 Å². The Bertz CT molecular complexity index is 700. The molecule has 7 heteroatoms. The highest BCUT2D eigenvalue weighted by molar-refractivity contribution is 14.0. The number of benzene rings is 1. The Balaban J connectivity index is 0.00000338. The van der Waals surface area contributed by atoms with E-state index in [9.17, 15) is 0 Å². The summed E-state index contributed by atoms with van der Waals surface area (Å²) in [5.74, 6) is 0.843. The molecule has 0 aliphatic rings. The van der Waals surface area contributed by atoms with E-state index in [1.165, 1.54) is 11.1 Å². The van der Waals surface area contributed by atoms with Crippen molar-refractivity contribution in [2.45, 2.75) is 26.6 Å². The number of nitrogens with one attached hydrogen (secondary N) is 1. The molecule has 5 nitrogen and oxygen atoms in total. The summed E-state index contributed by atoms with van der Waals surface area (Å²) in [5.41, 5.74) is 3.53. The molecule has 0 fully saturated rings. The second-order valence-electron chi connectivity index (χ2n) is 5.97. The van der Waals surface area contributed by atoms with Crippen molar-refractivity contribution in [3.63, 3.8) is 0 Å². The Morgan fingerprint density at radius 1 is 1.27 bits per heavy atom. The lowest BCUT2D eigenvalue weighted by atomic mass is 10.1. The second-order valence-corrected chi connectivity index (χ2v) is 6.41. The number of rotatable bonds is 7. The molecule has 26 heavy (non-hydrogen) atoms. The van der Waals surface area contributed by atoms with Crippen molar-refractivity contribution >= 4 is 41.5 Å². The zero-order valence-corrected chi connectivity index (χ0v) is 18.9. The van der Waals surface area contributed by atoms with Crippen molar-refractivity contribution in [2.24, 2.45) is 12.0 Å². The molecule has 1 aromatic heterocycles. The minimum absolute atomic E-state index is 0. The second kappa shape index (κ2) is 11.5. The van der Waals surface area contributed by atoms with E-state index in [-0.39, 0.29) is 24.0 Å². The SMILES string of the molecule is CCOCc1ccc(CNC(=NC)N(C)Cc2cc(Cl)cn2C)cc1.I. The maximum atomic E-state index is 6.05. The van der Waals surface area contributed by atoms with Gasteiger partial charge < -0.3 is 19.5 Å². The van der Waals surface area contributed by atoms with Crippen LogP contribution >= 0.6 is 35.6 Å². The van der Waals surface area contributed by atoms with Gasteiger partial charge in [0.1, 0.15) is 0 Å².